The number of aliphatic carboxylic acids is 1. The van der Waals surface area contributed by atoms with Crippen molar-refractivity contribution in [3.63, 3.8) is 0 Å². The lowest BCUT2D eigenvalue weighted by molar-refractivity contribution is -0.138. The van der Waals surface area contributed by atoms with Crippen LogP contribution in [0.5, 0.6) is 0 Å². The zero-order valence-electron chi connectivity index (χ0n) is 20.5. The molecule has 1 fully saturated rings. The minimum Gasteiger partial charge on any atom is -0.480 e. The molecule has 0 amide bonds. The molecule has 0 unspecified atom stereocenters. The second kappa shape index (κ2) is 8.97. The number of rotatable bonds is 8. The molecule has 0 spiro atoms. The van der Waals surface area contributed by atoms with Gasteiger partial charge in [0.05, 0.1) is 12.7 Å². The number of ketones is 1. The first kappa shape index (κ1) is 23.3. The number of hydrogen-bond acceptors (Lipinski definition) is 4. The Hall–Kier alpha value is -3.44. The van der Waals surface area contributed by atoms with Crippen molar-refractivity contribution in [3.05, 3.63) is 88.0 Å². The number of hydrogen-bond donors (Lipinski definition) is 2. The Morgan fingerprint density at radius 1 is 1.00 bits per heavy atom. The van der Waals surface area contributed by atoms with Crippen molar-refractivity contribution in [1.29, 1.82) is 0 Å². The number of carbonyl (C=O) groups is 2. The molecule has 2 aliphatic carbocycles. The molecule has 2 N–H and O–H groups in total. The van der Waals surface area contributed by atoms with E-state index >= 15 is 0 Å². The Morgan fingerprint density at radius 3 is 2.17 bits per heavy atom. The monoisotopic (exact) mass is 469 g/mol. The van der Waals surface area contributed by atoms with Crippen LogP contribution in [-0.2, 0) is 29.0 Å². The van der Waals surface area contributed by atoms with Gasteiger partial charge in [0.1, 0.15) is 5.54 Å². The number of aryl methyl sites for hydroxylation is 2. The Bertz CT molecular complexity index is 1270. The van der Waals surface area contributed by atoms with Crippen LogP contribution >= 0.6 is 0 Å². The standard InChI is InChI=1S/C30H31NO4/c1-18-12-23(13-19(2)28(18)20(3)32)27-9-8-25(31-30(10-11-30)29(33)34)14-24(27)17-35-26-15-21-6-4-5-7-22(21)16-26/h4-9,12-14,26,31H,10-11,15-17H2,1-3H3,(H,33,34). The maximum Gasteiger partial charge on any atom is 0.329 e. The predicted molar refractivity (Wildman–Crippen MR) is 137 cm³/mol. The fourth-order valence-electron chi connectivity index (χ4n) is 5.38. The van der Waals surface area contributed by atoms with Gasteiger partial charge < -0.3 is 15.2 Å². The summed E-state index contributed by atoms with van der Waals surface area (Å²) in [6, 6.07) is 18.6. The summed E-state index contributed by atoms with van der Waals surface area (Å²) >= 11 is 0. The Labute approximate surface area is 206 Å². The van der Waals surface area contributed by atoms with Gasteiger partial charge in [0.15, 0.2) is 5.78 Å². The quantitative estimate of drug-likeness (QED) is 0.403. The predicted octanol–water partition coefficient (Wildman–Crippen LogP) is 5.89. The van der Waals surface area contributed by atoms with Gasteiger partial charge in [0.25, 0.3) is 0 Å². The minimum atomic E-state index is -0.858. The van der Waals surface area contributed by atoms with E-state index in [0.717, 1.165) is 51.9 Å². The molecule has 0 aromatic heterocycles. The number of ether oxygens (including phenoxy) is 1. The highest BCUT2D eigenvalue weighted by atomic mass is 16.5. The SMILES string of the molecule is CC(=O)c1c(C)cc(-c2ccc(NC3(C(=O)O)CC3)cc2COC2Cc3ccccc3C2)cc1C. The Balaban J connectivity index is 1.45. The molecule has 0 heterocycles. The van der Waals surface area contributed by atoms with Gasteiger partial charge in [-0.1, -0.05) is 42.5 Å². The summed E-state index contributed by atoms with van der Waals surface area (Å²) in [5, 5.41) is 12.9. The summed E-state index contributed by atoms with van der Waals surface area (Å²) in [6.07, 6.45) is 3.17. The van der Waals surface area contributed by atoms with Crippen molar-refractivity contribution >= 4 is 17.4 Å². The molecule has 3 aromatic rings. The van der Waals surface area contributed by atoms with Gasteiger partial charge in [-0.2, -0.15) is 0 Å². The first-order valence-corrected chi connectivity index (χ1v) is 12.2. The van der Waals surface area contributed by atoms with E-state index < -0.39 is 11.5 Å². The van der Waals surface area contributed by atoms with Crippen LogP contribution in [0.25, 0.3) is 11.1 Å². The van der Waals surface area contributed by atoms with E-state index in [1.165, 1.54) is 11.1 Å². The molecule has 35 heavy (non-hydrogen) atoms. The van der Waals surface area contributed by atoms with Gasteiger partial charge in [-0.25, -0.2) is 4.79 Å². The van der Waals surface area contributed by atoms with Crippen molar-refractivity contribution in [2.24, 2.45) is 0 Å². The smallest absolute Gasteiger partial charge is 0.329 e. The third-order valence-corrected chi connectivity index (χ3v) is 7.33. The summed E-state index contributed by atoms with van der Waals surface area (Å²) < 4.78 is 6.41. The number of anilines is 1. The zero-order chi connectivity index (χ0) is 24.7. The molecule has 0 aliphatic heterocycles. The summed E-state index contributed by atoms with van der Waals surface area (Å²) in [6.45, 7) is 5.97. The number of benzene rings is 3. The minimum absolute atomic E-state index is 0.0684. The number of fused-ring (bicyclic) bond motifs is 1. The molecule has 1 saturated carbocycles. The van der Waals surface area contributed by atoms with E-state index in [-0.39, 0.29) is 11.9 Å². The lowest BCUT2D eigenvalue weighted by atomic mass is 9.91. The first-order chi connectivity index (χ1) is 16.8. The second-order valence-corrected chi connectivity index (χ2v) is 10.0. The Morgan fingerprint density at radius 2 is 1.63 bits per heavy atom. The van der Waals surface area contributed by atoms with Crippen LogP contribution in [0.15, 0.2) is 54.6 Å². The lowest BCUT2D eigenvalue weighted by Crippen LogP contribution is -2.31. The van der Waals surface area contributed by atoms with Crippen LogP contribution in [0, 0.1) is 13.8 Å². The van der Waals surface area contributed by atoms with Crippen LogP contribution in [-0.4, -0.2) is 28.5 Å². The van der Waals surface area contributed by atoms with E-state index in [4.69, 9.17) is 4.74 Å². The van der Waals surface area contributed by atoms with Gasteiger partial charge in [0, 0.05) is 11.3 Å². The first-order valence-electron chi connectivity index (χ1n) is 12.2. The third-order valence-electron chi connectivity index (χ3n) is 7.33. The molecule has 2 aliphatic rings. The Kier molecular flexibility index (Phi) is 5.97. The van der Waals surface area contributed by atoms with Gasteiger partial charge in [-0.05, 0) is 97.5 Å². The topological polar surface area (TPSA) is 75.6 Å². The van der Waals surface area contributed by atoms with Gasteiger partial charge in [0.2, 0.25) is 0 Å². The molecule has 0 atom stereocenters. The fraction of sp³-hybridized carbons (Fsp3) is 0.333. The van der Waals surface area contributed by atoms with E-state index in [1.54, 1.807) is 6.92 Å². The van der Waals surface area contributed by atoms with Gasteiger partial charge in [-0.15, -0.1) is 0 Å². The highest BCUT2D eigenvalue weighted by molar-refractivity contribution is 5.97. The van der Waals surface area contributed by atoms with Crippen molar-refractivity contribution in [2.45, 2.75) is 64.7 Å². The van der Waals surface area contributed by atoms with E-state index in [2.05, 4.69) is 41.7 Å². The van der Waals surface area contributed by atoms with Crippen molar-refractivity contribution in [3.8, 4) is 11.1 Å². The maximum absolute atomic E-state index is 12.1. The normalized spacial score (nSPS) is 16.1. The van der Waals surface area contributed by atoms with Crippen LogP contribution in [0.4, 0.5) is 5.69 Å². The maximum atomic E-state index is 12.1. The van der Waals surface area contributed by atoms with Crippen LogP contribution in [0.2, 0.25) is 0 Å². The summed E-state index contributed by atoms with van der Waals surface area (Å²) in [4.78, 5) is 23.8. The van der Waals surface area contributed by atoms with Gasteiger partial charge in [-0.3, -0.25) is 4.79 Å². The van der Waals surface area contributed by atoms with Gasteiger partial charge >= 0.3 is 5.97 Å². The van der Waals surface area contributed by atoms with E-state index in [0.29, 0.717) is 19.4 Å². The number of nitrogens with one attached hydrogen (secondary N) is 1. The zero-order valence-corrected chi connectivity index (χ0v) is 20.5. The van der Waals surface area contributed by atoms with Crippen molar-refractivity contribution in [1.82, 2.24) is 0 Å². The molecular formula is C30H31NO4. The highest BCUT2D eigenvalue weighted by Crippen LogP contribution is 2.40. The fourth-order valence-corrected chi connectivity index (χ4v) is 5.38. The van der Waals surface area contributed by atoms with Crippen LogP contribution < -0.4 is 5.32 Å². The highest BCUT2D eigenvalue weighted by Gasteiger charge is 2.50. The van der Waals surface area contributed by atoms with Crippen LogP contribution in [0.1, 0.15) is 57.9 Å². The molecule has 180 valence electrons. The molecule has 3 aromatic carbocycles. The molecule has 0 saturated heterocycles. The number of carbonyl (C=O) groups excluding carboxylic acids is 1. The molecular weight excluding hydrogens is 438 g/mol. The number of carboxylic acid groups (broad SMARTS) is 1. The second-order valence-electron chi connectivity index (χ2n) is 10.0. The number of Topliss-reactive ketones (excluding diaryl/α,β-unsaturated/α-hetero) is 1. The average Bonchev–Trinajstić information content (AvgIpc) is 3.47. The third kappa shape index (κ3) is 4.61. The summed E-state index contributed by atoms with van der Waals surface area (Å²) in [5.41, 5.74) is 8.36. The molecule has 5 nitrogen and oxygen atoms in total. The summed E-state index contributed by atoms with van der Waals surface area (Å²) in [7, 11) is 0. The average molecular weight is 470 g/mol. The van der Waals surface area contributed by atoms with Crippen molar-refractivity contribution in [2.75, 3.05) is 5.32 Å². The van der Waals surface area contributed by atoms with E-state index in [1.807, 2.05) is 32.0 Å². The molecule has 0 radical (unpaired) electrons. The summed E-state index contributed by atoms with van der Waals surface area (Å²) in [5.74, 6) is -0.743. The number of carboxylic acids is 1. The molecule has 0 bridgehead atoms. The molecule has 5 rings (SSSR count). The molecule has 5 heteroatoms. The lowest BCUT2D eigenvalue weighted by Gasteiger charge is -2.19. The van der Waals surface area contributed by atoms with Crippen LogP contribution in [0.3, 0.4) is 0 Å². The van der Waals surface area contributed by atoms with E-state index in [9.17, 15) is 14.7 Å². The van der Waals surface area contributed by atoms with Crippen molar-refractivity contribution < 1.29 is 19.4 Å². The largest absolute Gasteiger partial charge is 0.480 e.